The maximum Gasteiger partial charge on any atom is 0.266 e. The molecule has 0 aromatic rings. The van der Waals surface area contributed by atoms with Crippen molar-refractivity contribution in [1.82, 2.24) is 5.32 Å². The van der Waals surface area contributed by atoms with Gasteiger partial charge in [0.1, 0.15) is 0 Å². The van der Waals surface area contributed by atoms with Gasteiger partial charge in [0, 0.05) is 6.04 Å². The van der Waals surface area contributed by atoms with Gasteiger partial charge >= 0.3 is 0 Å². The SMILES string of the molecule is CC(F)(F)CC(F)(F)CNC1CCC(O)CC1. The van der Waals surface area contributed by atoms with E-state index < -0.39 is 24.8 Å². The van der Waals surface area contributed by atoms with Gasteiger partial charge < -0.3 is 10.4 Å². The van der Waals surface area contributed by atoms with Gasteiger partial charge in [-0.1, -0.05) is 0 Å². The quantitative estimate of drug-likeness (QED) is 0.742. The largest absolute Gasteiger partial charge is 0.393 e. The van der Waals surface area contributed by atoms with Crippen LogP contribution in [0.15, 0.2) is 0 Å². The van der Waals surface area contributed by atoms with E-state index in [0.29, 0.717) is 32.6 Å². The molecule has 1 aliphatic rings. The average molecular weight is 257 g/mol. The van der Waals surface area contributed by atoms with E-state index in [1.165, 1.54) is 0 Å². The first-order valence-corrected chi connectivity index (χ1v) is 5.85. The average Bonchev–Trinajstić information content (AvgIpc) is 2.13. The number of nitrogens with one attached hydrogen (secondary N) is 1. The van der Waals surface area contributed by atoms with Gasteiger partial charge in [0.15, 0.2) is 0 Å². The van der Waals surface area contributed by atoms with Crippen molar-refractivity contribution in [2.75, 3.05) is 6.54 Å². The summed E-state index contributed by atoms with van der Waals surface area (Å²) >= 11 is 0. The van der Waals surface area contributed by atoms with Crippen molar-refractivity contribution in [2.45, 2.75) is 63.0 Å². The Morgan fingerprint density at radius 2 is 1.65 bits per heavy atom. The highest BCUT2D eigenvalue weighted by Crippen LogP contribution is 2.30. The predicted octanol–water partition coefficient (Wildman–Crippen LogP) is 2.56. The molecule has 0 bridgehead atoms. The number of halogens is 4. The molecule has 17 heavy (non-hydrogen) atoms. The normalized spacial score (nSPS) is 27.2. The second kappa shape index (κ2) is 5.52. The molecule has 1 fully saturated rings. The van der Waals surface area contributed by atoms with E-state index in [0.717, 1.165) is 0 Å². The van der Waals surface area contributed by atoms with Crippen molar-refractivity contribution < 1.29 is 22.7 Å². The van der Waals surface area contributed by atoms with E-state index >= 15 is 0 Å². The second-order valence-corrected chi connectivity index (χ2v) is 4.99. The molecule has 2 N–H and O–H groups in total. The molecule has 2 nitrogen and oxygen atoms in total. The van der Waals surface area contributed by atoms with E-state index in [9.17, 15) is 22.7 Å². The Labute approximate surface area is 98.4 Å². The molecule has 0 unspecified atom stereocenters. The maximum absolute atomic E-state index is 13.2. The second-order valence-electron chi connectivity index (χ2n) is 4.99. The first kappa shape index (κ1) is 14.7. The number of hydrogen-bond donors (Lipinski definition) is 2. The lowest BCUT2D eigenvalue weighted by atomic mass is 9.93. The van der Waals surface area contributed by atoms with Crippen molar-refractivity contribution in [1.29, 1.82) is 0 Å². The van der Waals surface area contributed by atoms with Gasteiger partial charge in [-0.3, -0.25) is 0 Å². The Balaban J connectivity index is 2.29. The van der Waals surface area contributed by atoms with Gasteiger partial charge in [-0.2, -0.15) is 0 Å². The van der Waals surface area contributed by atoms with Crippen molar-refractivity contribution in [3.63, 3.8) is 0 Å². The summed E-state index contributed by atoms with van der Waals surface area (Å²) < 4.78 is 51.3. The molecule has 0 heterocycles. The predicted molar refractivity (Wildman–Crippen MR) is 56.5 cm³/mol. The Hall–Kier alpha value is -0.360. The van der Waals surface area contributed by atoms with E-state index in [4.69, 9.17) is 0 Å². The molecule has 0 saturated heterocycles. The van der Waals surface area contributed by atoms with Gasteiger partial charge in [-0.25, -0.2) is 17.6 Å². The first-order valence-electron chi connectivity index (χ1n) is 5.85. The smallest absolute Gasteiger partial charge is 0.266 e. The van der Waals surface area contributed by atoms with E-state index in [-0.39, 0.29) is 12.1 Å². The Morgan fingerprint density at radius 3 is 2.12 bits per heavy atom. The van der Waals surface area contributed by atoms with Gasteiger partial charge in [0.2, 0.25) is 0 Å². The van der Waals surface area contributed by atoms with E-state index in [1.807, 2.05) is 0 Å². The standard InChI is InChI=1S/C11H19F4NO/c1-10(12,13)6-11(14,15)7-16-8-2-4-9(17)5-3-8/h8-9,16-17H,2-7H2,1H3. The van der Waals surface area contributed by atoms with Crippen LogP contribution in [0.1, 0.15) is 39.0 Å². The zero-order valence-electron chi connectivity index (χ0n) is 9.86. The monoisotopic (exact) mass is 257 g/mol. The van der Waals surface area contributed by atoms with E-state index in [2.05, 4.69) is 5.32 Å². The van der Waals surface area contributed by atoms with E-state index in [1.54, 1.807) is 0 Å². The first-order chi connectivity index (χ1) is 7.68. The van der Waals surface area contributed by atoms with Crippen LogP contribution in [0.5, 0.6) is 0 Å². The number of hydrogen-bond acceptors (Lipinski definition) is 2. The fourth-order valence-electron chi connectivity index (χ4n) is 2.09. The Kier molecular flexibility index (Phi) is 4.77. The molecule has 0 spiro atoms. The fraction of sp³-hybridized carbons (Fsp3) is 1.00. The van der Waals surface area contributed by atoms with Gasteiger partial charge in [-0.05, 0) is 32.6 Å². The van der Waals surface area contributed by atoms with Crippen molar-refractivity contribution >= 4 is 0 Å². The van der Waals surface area contributed by atoms with Crippen molar-refractivity contribution in [3.8, 4) is 0 Å². The minimum Gasteiger partial charge on any atom is -0.393 e. The zero-order chi connectivity index (χ0) is 13.1. The van der Waals surface area contributed by atoms with Crippen LogP contribution >= 0.6 is 0 Å². The zero-order valence-corrected chi connectivity index (χ0v) is 9.86. The molecule has 0 aromatic carbocycles. The topological polar surface area (TPSA) is 32.3 Å². The molecular formula is C11H19F4NO. The summed E-state index contributed by atoms with van der Waals surface area (Å²) in [6, 6.07) is -0.102. The van der Waals surface area contributed by atoms with Crippen LogP contribution in [0, 0.1) is 0 Å². The molecule has 0 aliphatic heterocycles. The summed E-state index contributed by atoms with van der Waals surface area (Å²) in [5, 5.41) is 11.8. The van der Waals surface area contributed by atoms with Gasteiger partial charge in [0.05, 0.1) is 19.1 Å². The maximum atomic E-state index is 13.2. The van der Waals surface area contributed by atoms with Crippen LogP contribution in [0.4, 0.5) is 17.6 Å². The molecule has 0 atom stereocenters. The summed E-state index contributed by atoms with van der Waals surface area (Å²) in [5.41, 5.74) is 0. The molecule has 6 heteroatoms. The lowest BCUT2D eigenvalue weighted by Crippen LogP contribution is -2.43. The van der Waals surface area contributed by atoms with Crippen LogP contribution in [-0.4, -0.2) is 35.6 Å². The minimum absolute atomic E-state index is 0.102. The van der Waals surface area contributed by atoms with Crippen LogP contribution < -0.4 is 5.32 Å². The lowest BCUT2D eigenvalue weighted by Gasteiger charge is -2.28. The molecular weight excluding hydrogens is 238 g/mol. The number of rotatable bonds is 5. The van der Waals surface area contributed by atoms with Crippen LogP contribution in [0.25, 0.3) is 0 Å². The van der Waals surface area contributed by atoms with Crippen molar-refractivity contribution in [2.24, 2.45) is 0 Å². The number of aliphatic hydroxyl groups is 1. The highest BCUT2D eigenvalue weighted by molar-refractivity contribution is 4.81. The molecule has 1 saturated carbocycles. The van der Waals surface area contributed by atoms with Gasteiger partial charge in [0.25, 0.3) is 11.8 Å². The van der Waals surface area contributed by atoms with Gasteiger partial charge in [-0.15, -0.1) is 0 Å². The molecule has 0 radical (unpaired) electrons. The lowest BCUT2D eigenvalue weighted by molar-refractivity contribution is -0.0999. The van der Waals surface area contributed by atoms with Crippen LogP contribution in [0.3, 0.4) is 0 Å². The summed E-state index contributed by atoms with van der Waals surface area (Å²) in [6.45, 7) is -0.227. The summed E-state index contributed by atoms with van der Waals surface area (Å²) in [4.78, 5) is 0. The van der Waals surface area contributed by atoms with Crippen LogP contribution in [-0.2, 0) is 0 Å². The Morgan fingerprint density at radius 1 is 1.12 bits per heavy atom. The number of alkyl halides is 4. The molecule has 0 aromatic heterocycles. The Bertz CT molecular complexity index is 234. The molecule has 102 valence electrons. The third-order valence-corrected chi connectivity index (χ3v) is 2.92. The molecule has 1 aliphatic carbocycles. The van der Waals surface area contributed by atoms with Crippen LogP contribution in [0.2, 0.25) is 0 Å². The fourth-order valence-corrected chi connectivity index (χ4v) is 2.09. The third kappa shape index (κ3) is 6.21. The highest BCUT2D eigenvalue weighted by Gasteiger charge is 2.40. The number of aliphatic hydroxyl groups excluding tert-OH is 1. The molecule has 0 amide bonds. The summed E-state index contributed by atoms with van der Waals surface area (Å²) in [5.74, 6) is -6.75. The third-order valence-electron chi connectivity index (χ3n) is 2.92. The summed E-state index contributed by atoms with van der Waals surface area (Å²) in [6.07, 6.45) is 0.593. The minimum atomic E-state index is -3.39. The highest BCUT2D eigenvalue weighted by atomic mass is 19.3. The summed E-state index contributed by atoms with van der Waals surface area (Å²) in [7, 11) is 0. The molecule has 1 rings (SSSR count). The van der Waals surface area contributed by atoms with Crippen molar-refractivity contribution in [3.05, 3.63) is 0 Å².